The second-order valence-corrected chi connectivity index (χ2v) is 7.23. The molecule has 1 heterocycles. The van der Waals surface area contributed by atoms with Gasteiger partial charge in [-0.15, -0.1) is 0 Å². The molecule has 2 unspecified atom stereocenters. The third-order valence-corrected chi connectivity index (χ3v) is 5.56. The largest absolute Gasteiger partial charge is 0.313 e. The van der Waals surface area contributed by atoms with Crippen LogP contribution in [0.3, 0.4) is 0 Å². The van der Waals surface area contributed by atoms with Crippen molar-refractivity contribution in [1.82, 2.24) is 10.2 Å². The summed E-state index contributed by atoms with van der Waals surface area (Å²) in [5, 5.41) is 3.84. The SMILES string of the molecule is CCNC1CCCCCCCCCCC1N1CCCCC1. The molecular weight excluding hydrogens is 256 g/mol. The number of piperidine rings is 1. The molecule has 1 saturated carbocycles. The van der Waals surface area contributed by atoms with Crippen molar-refractivity contribution in [3.05, 3.63) is 0 Å². The highest BCUT2D eigenvalue weighted by molar-refractivity contribution is 4.86. The molecule has 0 amide bonds. The van der Waals surface area contributed by atoms with E-state index >= 15 is 0 Å². The molecule has 21 heavy (non-hydrogen) atoms. The van der Waals surface area contributed by atoms with Gasteiger partial charge in [0.25, 0.3) is 0 Å². The molecule has 0 bridgehead atoms. The van der Waals surface area contributed by atoms with Crippen LogP contribution in [0.2, 0.25) is 0 Å². The van der Waals surface area contributed by atoms with Gasteiger partial charge in [-0.05, 0) is 45.3 Å². The Kier molecular flexibility index (Phi) is 8.73. The Morgan fingerprint density at radius 1 is 0.714 bits per heavy atom. The second kappa shape index (κ2) is 10.6. The Morgan fingerprint density at radius 2 is 1.24 bits per heavy atom. The molecule has 1 N–H and O–H groups in total. The third-order valence-electron chi connectivity index (χ3n) is 5.56. The summed E-state index contributed by atoms with van der Waals surface area (Å²) in [5.41, 5.74) is 0. The van der Waals surface area contributed by atoms with Crippen molar-refractivity contribution in [2.75, 3.05) is 19.6 Å². The number of hydrogen-bond donors (Lipinski definition) is 1. The zero-order chi connectivity index (χ0) is 14.8. The van der Waals surface area contributed by atoms with Gasteiger partial charge in [0.15, 0.2) is 0 Å². The lowest BCUT2D eigenvalue weighted by Gasteiger charge is -2.40. The molecule has 2 atom stereocenters. The fourth-order valence-electron chi connectivity index (χ4n) is 4.36. The highest BCUT2D eigenvalue weighted by Gasteiger charge is 2.27. The van der Waals surface area contributed by atoms with Gasteiger partial charge in [-0.3, -0.25) is 4.90 Å². The first-order valence-corrected chi connectivity index (χ1v) is 9.89. The normalized spacial score (nSPS) is 31.3. The quantitative estimate of drug-likeness (QED) is 0.809. The molecule has 0 radical (unpaired) electrons. The first kappa shape index (κ1) is 17.3. The van der Waals surface area contributed by atoms with E-state index in [0.717, 1.165) is 18.6 Å². The molecule has 0 aromatic heterocycles. The lowest BCUT2D eigenvalue weighted by Crippen LogP contribution is -2.51. The number of nitrogens with zero attached hydrogens (tertiary/aromatic N) is 1. The Hall–Kier alpha value is -0.0800. The van der Waals surface area contributed by atoms with Crippen molar-refractivity contribution >= 4 is 0 Å². The molecule has 0 aromatic rings. The summed E-state index contributed by atoms with van der Waals surface area (Å²) in [4.78, 5) is 2.84. The Morgan fingerprint density at radius 3 is 1.86 bits per heavy atom. The molecule has 0 spiro atoms. The van der Waals surface area contributed by atoms with Crippen LogP contribution in [0.5, 0.6) is 0 Å². The van der Waals surface area contributed by atoms with Crippen LogP contribution >= 0.6 is 0 Å². The van der Waals surface area contributed by atoms with Crippen LogP contribution in [-0.4, -0.2) is 36.6 Å². The fourth-order valence-corrected chi connectivity index (χ4v) is 4.36. The van der Waals surface area contributed by atoms with Crippen LogP contribution in [0.15, 0.2) is 0 Å². The van der Waals surface area contributed by atoms with Gasteiger partial charge in [0.2, 0.25) is 0 Å². The van der Waals surface area contributed by atoms with E-state index < -0.39 is 0 Å². The van der Waals surface area contributed by atoms with Gasteiger partial charge in [0, 0.05) is 12.1 Å². The maximum atomic E-state index is 3.84. The minimum absolute atomic E-state index is 0.743. The minimum Gasteiger partial charge on any atom is -0.313 e. The molecular formula is C19H38N2. The van der Waals surface area contributed by atoms with Crippen LogP contribution in [0.4, 0.5) is 0 Å². The van der Waals surface area contributed by atoms with Crippen LogP contribution in [0.25, 0.3) is 0 Å². The summed E-state index contributed by atoms with van der Waals surface area (Å²) in [6, 6.07) is 1.55. The van der Waals surface area contributed by atoms with E-state index in [1.807, 2.05) is 0 Å². The monoisotopic (exact) mass is 294 g/mol. The van der Waals surface area contributed by atoms with Gasteiger partial charge in [0.05, 0.1) is 0 Å². The number of likely N-dealkylation sites (N-methyl/N-ethyl adjacent to an activating group) is 1. The molecule has 2 nitrogen and oxygen atoms in total. The lowest BCUT2D eigenvalue weighted by atomic mass is 9.91. The molecule has 2 fully saturated rings. The summed E-state index contributed by atoms with van der Waals surface area (Å²) in [6.45, 7) is 6.12. The molecule has 1 aliphatic carbocycles. The average Bonchev–Trinajstić information content (AvgIpc) is 2.51. The maximum Gasteiger partial charge on any atom is 0.0249 e. The summed E-state index contributed by atoms with van der Waals surface area (Å²) < 4.78 is 0. The first-order valence-electron chi connectivity index (χ1n) is 9.89. The molecule has 1 saturated heterocycles. The number of nitrogens with one attached hydrogen (secondary N) is 1. The Balaban J connectivity index is 1.95. The molecule has 0 aromatic carbocycles. The van der Waals surface area contributed by atoms with Crippen molar-refractivity contribution in [1.29, 1.82) is 0 Å². The zero-order valence-electron chi connectivity index (χ0n) is 14.4. The Bertz CT molecular complexity index is 248. The van der Waals surface area contributed by atoms with Crippen molar-refractivity contribution in [2.24, 2.45) is 0 Å². The van der Waals surface area contributed by atoms with E-state index in [4.69, 9.17) is 0 Å². The maximum absolute atomic E-state index is 3.84. The predicted molar refractivity (Wildman–Crippen MR) is 92.8 cm³/mol. The summed E-state index contributed by atoms with van der Waals surface area (Å²) >= 11 is 0. The highest BCUT2D eigenvalue weighted by atomic mass is 15.2. The molecule has 2 aliphatic rings. The van der Waals surface area contributed by atoms with E-state index in [2.05, 4.69) is 17.1 Å². The summed E-state index contributed by atoms with van der Waals surface area (Å²) in [6.07, 6.45) is 18.8. The zero-order valence-corrected chi connectivity index (χ0v) is 14.4. The summed E-state index contributed by atoms with van der Waals surface area (Å²) in [7, 11) is 0. The van der Waals surface area contributed by atoms with E-state index in [1.54, 1.807) is 0 Å². The van der Waals surface area contributed by atoms with E-state index in [-0.39, 0.29) is 0 Å². The van der Waals surface area contributed by atoms with Gasteiger partial charge >= 0.3 is 0 Å². The van der Waals surface area contributed by atoms with Gasteiger partial charge < -0.3 is 5.32 Å². The van der Waals surface area contributed by atoms with Crippen LogP contribution in [0, 0.1) is 0 Å². The van der Waals surface area contributed by atoms with Crippen molar-refractivity contribution in [3.8, 4) is 0 Å². The molecule has 2 rings (SSSR count). The molecule has 2 heteroatoms. The summed E-state index contributed by atoms with van der Waals surface area (Å²) in [5.74, 6) is 0. The Labute approximate surface area is 133 Å². The van der Waals surface area contributed by atoms with Crippen LogP contribution in [0.1, 0.15) is 90.4 Å². The van der Waals surface area contributed by atoms with Gasteiger partial charge in [-0.25, -0.2) is 0 Å². The molecule has 1 aliphatic heterocycles. The predicted octanol–water partition coefficient (Wildman–Crippen LogP) is 4.73. The van der Waals surface area contributed by atoms with Gasteiger partial charge in [-0.2, -0.15) is 0 Å². The fraction of sp³-hybridized carbons (Fsp3) is 1.00. The average molecular weight is 295 g/mol. The highest BCUT2D eigenvalue weighted by Crippen LogP contribution is 2.23. The standard InChI is InChI=1S/C19H38N2/c1-2-20-18-14-10-7-5-3-4-6-8-11-15-19(18)21-16-12-9-13-17-21/h18-20H,2-17H2,1H3. The lowest BCUT2D eigenvalue weighted by molar-refractivity contribution is 0.116. The first-order chi connectivity index (χ1) is 10.4. The van der Waals surface area contributed by atoms with Crippen molar-refractivity contribution < 1.29 is 0 Å². The van der Waals surface area contributed by atoms with E-state index in [0.29, 0.717) is 0 Å². The van der Waals surface area contributed by atoms with E-state index in [9.17, 15) is 0 Å². The number of rotatable bonds is 3. The topological polar surface area (TPSA) is 15.3 Å². The van der Waals surface area contributed by atoms with Crippen molar-refractivity contribution in [2.45, 2.75) is 102 Å². The van der Waals surface area contributed by atoms with Crippen molar-refractivity contribution in [3.63, 3.8) is 0 Å². The number of hydrogen-bond acceptors (Lipinski definition) is 2. The smallest absolute Gasteiger partial charge is 0.0249 e. The second-order valence-electron chi connectivity index (χ2n) is 7.23. The third kappa shape index (κ3) is 6.28. The van der Waals surface area contributed by atoms with Crippen LogP contribution < -0.4 is 5.32 Å². The minimum atomic E-state index is 0.743. The number of likely N-dealkylation sites (tertiary alicyclic amines) is 1. The van der Waals surface area contributed by atoms with E-state index in [1.165, 1.54) is 96.6 Å². The van der Waals surface area contributed by atoms with Gasteiger partial charge in [-0.1, -0.05) is 64.7 Å². The van der Waals surface area contributed by atoms with Crippen LogP contribution in [-0.2, 0) is 0 Å². The van der Waals surface area contributed by atoms with Gasteiger partial charge in [0.1, 0.15) is 0 Å². The molecule has 124 valence electrons.